The lowest BCUT2D eigenvalue weighted by atomic mass is 10.2. The van der Waals surface area contributed by atoms with Crippen molar-refractivity contribution in [1.82, 2.24) is 4.90 Å². The summed E-state index contributed by atoms with van der Waals surface area (Å²) in [5, 5.41) is 12.1. The van der Waals surface area contributed by atoms with Gasteiger partial charge in [0.15, 0.2) is 12.4 Å². The monoisotopic (exact) mass is 313 g/mol. The van der Waals surface area contributed by atoms with Crippen molar-refractivity contribution in [1.29, 1.82) is 0 Å². The van der Waals surface area contributed by atoms with Crippen molar-refractivity contribution < 1.29 is 19.5 Å². The molecule has 1 aromatic carbocycles. The maximum absolute atomic E-state index is 12.1. The highest BCUT2D eigenvalue weighted by Crippen LogP contribution is 2.17. The Morgan fingerprint density at radius 1 is 1.62 bits per heavy atom. The minimum atomic E-state index is -0.598. The van der Waals surface area contributed by atoms with Crippen molar-refractivity contribution in [2.45, 2.75) is 6.10 Å². The maximum Gasteiger partial charge on any atom is 0.260 e. The zero-order valence-corrected chi connectivity index (χ0v) is 12.0. The lowest BCUT2D eigenvalue weighted by molar-refractivity contribution is -0.138. The van der Waals surface area contributed by atoms with Crippen LogP contribution in [-0.4, -0.2) is 54.3 Å². The van der Waals surface area contributed by atoms with Gasteiger partial charge in [0, 0.05) is 11.6 Å². The molecule has 2 rings (SSSR count). The maximum atomic E-state index is 12.1. The summed E-state index contributed by atoms with van der Waals surface area (Å²) in [4.78, 5) is 13.6. The third-order valence-corrected chi connectivity index (χ3v) is 3.26. The van der Waals surface area contributed by atoms with Gasteiger partial charge in [-0.25, -0.2) is 0 Å². The SMILES string of the molecule is NC(=NO)C1CN(C(=O)COc2cccc(Cl)c2)CCO1. The minimum absolute atomic E-state index is 0.0525. The van der Waals surface area contributed by atoms with Gasteiger partial charge < -0.3 is 25.3 Å². The number of nitrogens with zero attached hydrogens (tertiary/aromatic N) is 2. The number of oxime groups is 1. The Balaban J connectivity index is 1.88. The Morgan fingerprint density at radius 2 is 2.43 bits per heavy atom. The summed E-state index contributed by atoms with van der Waals surface area (Å²) in [7, 11) is 0. The molecule has 1 atom stereocenters. The predicted molar refractivity (Wildman–Crippen MR) is 76.7 cm³/mol. The lowest BCUT2D eigenvalue weighted by Gasteiger charge is -2.32. The number of hydrogen-bond acceptors (Lipinski definition) is 5. The Morgan fingerprint density at radius 3 is 3.14 bits per heavy atom. The van der Waals surface area contributed by atoms with Crippen molar-refractivity contribution in [3.8, 4) is 5.75 Å². The number of amides is 1. The van der Waals surface area contributed by atoms with Crippen LogP contribution in [0.15, 0.2) is 29.4 Å². The van der Waals surface area contributed by atoms with Crippen molar-refractivity contribution in [2.24, 2.45) is 10.9 Å². The van der Waals surface area contributed by atoms with Crippen LogP contribution < -0.4 is 10.5 Å². The highest BCUT2D eigenvalue weighted by Gasteiger charge is 2.27. The molecule has 0 bridgehead atoms. The highest BCUT2D eigenvalue weighted by atomic mass is 35.5. The summed E-state index contributed by atoms with van der Waals surface area (Å²) in [6.07, 6.45) is -0.598. The predicted octanol–water partition coefficient (Wildman–Crippen LogP) is 0.693. The van der Waals surface area contributed by atoms with Crippen LogP contribution in [0.3, 0.4) is 0 Å². The Bertz CT molecular complexity index is 538. The molecule has 1 aliphatic rings. The average Bonchev–Trinajstić information content (AvgIpc) is 2.52. The normalized spacial score (nSPS) is 19.4. The molecule has 1 amide bonds. The van der Waals surface area contributed by atoms with Crippen molar-refractivity contribution in [3.05, 3.63) is 29.3 Å². The van der Waals surface area contributed by atoms with E-state index < -0.39 is 6.10 Å². The summed E-state index contributed by atoms with van der Waals surface area (Å²) < 4.78 is 10.7. The second-order valence-electron chi connectivity index (χ2n) is 4.47. The van der Waals surface area contributed by atoms with Crippen LogP contribution in [0, 0.1) is 0 Å². The van der Waals surface area contributed by atoms with E-state index in [2.05, 4.69) is 5.16 Å². The van der Waals surface area contributed by atoms with Crippen LogP contribution >= 0.6 is 11.6 Å². The number of amidine groups is 1. The van der Waals surface area contributed by atoms with Gasteiger partial charge in [0.25, 0.3) is 5.91 Å². The summed E-state index contributed by atoms with van der Waals surface area (Å²) in [6.45, 7) is 0.883. The molecule has 1 saturated heterocycles. The number of carbonyl (C=O) groups excluding carboxylic acids is 1. The molecule has 0 aliphatic carbocycles. The number of morpholine rings is 1. The van der Waals surface area contributed by atoms with E-state index in [4.69, 9.17) is 32.0 Å². The number of rotatable bonds is 4. The first-order chi connectivity index (χ1) is 10.1. The molecule has 21 heavy (non-hydrogen) atoms. The molecule has 0 spiro atoms. The van der Waals surface area contributed by atoms with Gasteiger partial charge in [-0.3, -0.25) is 4.79 Å². The molecule has 1 unspecified atom stereocenters. The molecule has 0 saturated carbocycles. The number of hydrogen-bond donors (Lipinski definition) is 2. The fourth-order valence-electron chi connectivity index (χ4n) is 1.91. The largest absolute Gasteiger partial charge is 0.484 e. The van der Waals surface area contributed by atoms with E-state index in [0.29, 0.717) is 23.9 Å². The van der Waals surface area contributed by atoms with Gasteiger partial charge >= 0.3 is 0 Å². The molecule has 1 fully saturated rings. The van der Waals surface area contributed by atoms with Gasteiger partial charge in [0.1, 0.15) is 11.9 Å². The number of ether oxygens (including phenoxy) is 2. The number of halogens is 1. The van der Waals surface area contributed by atoms with Gasteiger partial charge in [-0.15, -0.1) is 0 Å². The molecule has 1 aromatic rings. The van der Waals surface area contributed by atoms with Crippen molar-refractivity contribution in [3.63, 3.8) is 0 Å². The Labute approximate surface area is 126 Å². The van der Waals surface area contributed by atoms with E-state index in [9.17, 15) is 4.79 Å². The van der Waals surface area contributed by atoms with E-state index in [-0.39, 0.29) is 24.9 Å². The van der Waals surface area contributed by atoms with Crippen LogP contribution in [0.5, 0.6) is 5.75 Å². The third-order valence-electron chi connectivity index (χ3n) is 3.02. The molecule has 114 valence electrons. The fourth-order valence-corrected chi connectivity index (χ4v) is 2.09. The number of carbonyl (C=O) groups is 1. The third kappa shape index (κ3) is 4.24. The molecule has 7 nitrogen and oxygen atoms in total. The van der Waals surface area contributed by atoms with Gasteiger partial charge in [0.2, 0.25) is 0 Å². The van der Waals surface area contributed by atoms with E-state index in [1.54, 1.807) is 29.2 Å². The molecular formula is C13H16ClN3O4. The van der Waals surface area contributed by atoms with Crippen molar-refractivity contribution >= 4 is 23.3 Å². The zero-order chi connectivity index (χ0) is 15.2. The summed E-state index contributed by atoms with van der Waals surface area (Å²) in [5.41, 5.74) is 5.48. The summed E-state index contributed by atoms with van der Waals surface area (Å²) in [5.74, 6) is 0.273. The highest BCUT2D eigenvalue weighted by molar-refractivity contribution is 6.30. The fraction of sp³-hybridized carbons (Fsp3) is 0.385. The topological polar surface area (TPSA) is 97.4 Å². The molecular weight excluding hydrogens is 298 g/mol. The van der Waals surface area contributed by atoms with E-state index in [1.165, 1.54) is 0 Å². The first kappa shape index (κ1) is 15.4. The molecule has 8 heteroatoms. The van der Waals surface area contributed by atoms with Gasteiger partial charge in [0.05, 0.1) is 13.2 Å². The van der Waals surface area contributed by atoms with Gasteiger partial charge in [-0.05, 0) is 18.2 Å². The average molecular weight is 314 g/mol. The van der Waals surface area contributed by atoms with E-state index in [1.807, 2.05) is 0 Å². The van der Waals surface area contributed by atoms with Gasteiger partial charge in [-0.1, -0.05) is 22.8 Å². The molecule has 3 N–H and O–H groups in total. The smallest absolute Gasteiger partial charge is 0.260 e. The van der Waals surface area contributed by atoms with E-state index >= 15 is 0 Å². The minimum Gasteiger partial charge on any atom is -0.484 e. The summed E-state index contributed by atoms with van der Waals surface area (Å²) in [6, 6.07) is 6.82. The van der Waals surface area contributed by atoms with Crippen LogP contribution in [0.25, 0.3) is 0 Å². The van der Waals surface area contributed by atoms with Crippen LogP contribution in [-0.2, 0) is 9.53 Å². The molecule has 0 radical (unpaired) electrons. The van der Waals surface area contributed by atoms with Crippen LogP contribution in [0.2, 0.25) is 5.02 Å². The second kappa shape index (κ2) is 7.14. The molecule has 0 aromatic heterocycles. The first-order valence-electron chi connectivity index (χ1n) is 6.35. The summed E-state index contributed by atoms with van der Waals surface area (Å²) >= 11 is 5.84. The second-order valence-corrected chi connectivity index (χ2v) is 4.91. The Kier molecular flexibility index (Phi) is 5.24. The number of nitrogens with two attached hydrogens (primary N) is 1. The van der Waals surface area contributed by atoms with Gasteiger partial charge in [-0.2, -0.15) is 0 Å². The van der Waals surface area contributed by atoms with Crippen LogP contribution in [0.4, 0.5) is 0 Å². The van der Waals surface area contributed by atoms with Crippen molar-refractivity contribution in [2.75, 3.05) is 26.3 Å². The number of benzene rings is 1. The van der Waals surface area contributed by atoms with Crippen LogP contribution in [0.1, 0.15) is 0 Å². The standard InChI is InChI=1S/C13H16ClN3O4/c14-9-2-1-3-10(6-9)21-8-12(18)17-4-5-20-11(7-17)13(15)16-19/h1-3,6,11,19H,4-5,7-8H2,(H2,15,16). The van der Waals surface area contributed by atoms with E-state index in [0.717, 1.165) is 0 Å². The zero-order valence-electron chi connectivity index (χ0n) is 11.2. The lowest BCUT2D eigenvalue weighted by Crippen LogP contribution is -2.51. The molecule has 1 aliphatic heterocycles. The first-order valence-corrected chi connectivity index (χ1v) is 6.73. The Hall–Kier alpha value is -1.99. The quantitative estimate of drug-likeness (QED) is 0.369. The molecule has 1 heterocycles.